The van der Waals surface area contributed by atoms with E-state index in [1.807, 2.05) is 18.2 Å². The molecule has 0 spiro atoms. The summed E-state index contributed by atoms with van der Waals surface area (Å²) < 4.78 is 1.06. The molecule has 88 valence electrons. The Hall–Kier alpha value is -1.12. The molecule has 0 aliphatic rings. The zero-order valence-corrected chi connectivity index (χ0v) is 11.4. The van der Waals surface area contributed by atoms with Crippen molar-refractivity contribution in [2.75, 3.05) is 0 Å². The number of rotatable bonds is 3. The molecule has 1 unspecified atom stereocenters. The van der Waals surface area contributed by atoms with Crippen LogP contribution in [0.2, 0.25) is 0 Å². The molecule has 0 saturated heterocycles. The minimum Gasteiger partial charge on any atom is -0.320 e. The Morgan fingerprint density at radius 3 is 2.29 bits per heavy atom. The average Bonchev–Trinajstić information content (AvgIpc) is 2.39. The smallest absolute Gasteiger partial charge is 0.0562 e. The fraction of sp³-hybridized carbons (Fsp3) is 0.200. The highest BCUT2D eigenvalue weighted by molar-refractivity contribution is 9.10. The first-order chi connectivity index (χ1) is 8.22. The van der Waals surface area contributed by atoms with Crippen LogP contribution in [0.15, 0.2) is 53.0 Å². The highest BCUT2D eigenvalue weighted by atomic mass is 79.9. The van der Waals surface area contributed by atoms with Crippen molar-refractivity contribution < 1.29 is 0 Å². The molecular formula is C15H16BrN. The van der Waals surface area contributed by atoms with Crippen LogP contribution in [0, 0.1) is 0 Å². The fourth-order valence-corrected chi connectivity index (χ4v) is 2.40. The summed E-state index contributed by atoms with van der Waals surface area (Å²) >= 11 is 3.54. The first kappa shape index (κ1) is 12.3. The molecule has 0 fully saturated rings. The molecule has 0 aliphatic heterocycles. The number of halogens is 1. The molecule has 0 saturated carbocycles. The summed E-state index contributed by atoms with van der Waals surface area (Å²) in [6.07, 6.45) is 1.06. The zero-order valence-electron chi connectivity index (χ0n) is 9.86. The second-order valence-corrected chi connectivity index (χ2v) is 4.95. The monoisotopic (exact) mass is 289 g/mol. The van der Waals surface area contributed by atoms with Crippen LogP contribution in [-0.2, 0) is 6.42 Å². The molecule has 2 aromatic rings. The van der Waals surface area contributed by atoms with Gasteiger partial charge in [-0.25, -0.2) is 0 Å². The van der Waals surface area contributed by atoms with E-state index in [0.717, 1.165) is 22.0 Å². The summed E-state index contributed by atoms with van der Waals surface area (Å²) in [5.41, 5.74) is 9.89. The van der Waals surface area contributed by atoms with Crippen LogP contribution < -0.4 is 5.73 Å². The van der Waals surface area contributed by atoms with Crippen LogP contribution in [0.25, 0.3) is 0 Å². The van der Waals surface area contributed by atoms with Gasteiger partial charge in [0.1, 0.15) is 0 Å². The van der Waals surface area contributed by atoms with Gasteiger partial charge in [0.05, 0.1) is 6.04 Å². The number of hydrogen-bond acceptors (Lipinski definition) is 1. The summed E-state index contributed by atoms with van der Waals surface area (Å²) in [6, 6.07) is 16.5. The predicted molar refractivity (Wildman–Crippen MR) is 76.0 cm³/mol. The largest absolute Gasteiger partial charge is 0.320 e. The summed E-state index contributed by atoms with van der Waals surface area (Å²) in [7, 11) is 0. The van der Waals surface area contributed by atoms with E-state index in [0.29, 0.717) is 0 Å². The van der Waals surface area contributed by atoms with Gasteiger partial charge in [-0.3, -0.25) is 0 Å². The van der Waals surface area contributed by atoms with Crippen LogP contribution in [0.3, 0.4) is 0 Å². The third kappa shape index (κ3) is 2.76. The first-order valence-electron chi connectivity index (χ1n) is 5.81. The van der Waals surface area contributed by atoms with Crippen molar-refractivity contribution in [3.63, 3.8) is 0 Å². The molecule has 0 bridgehead atoms. The van der Waals surface area contributed by atoms with Crippen molar-refractivity contribution in [3.8, 4) is 0 Å². The summed E-state index contributed by atoms with van der Waals surface area (Å²) in [4.78, 5) is 0. The average molecular weight is 290 g/mol. The Morgan fingerprint density at radius 2 is 1.71 bits per heavy atom. The minimum absolute atomic E-state index is 0.0727. The summed E-state index contributed by atoms with van der Waals surface area (Å²) in [6.45, 7) is 2.16. The standard InChI is InChI=1S/C15H16BrN/c1-2-11-7-9-12(10-8-11)15(17)13-5-3-4-6-14(13)16/h3-10,15H,2,17H2,1H3. The minimum atomic E-state index is -0.0727. The number of benzene rings is 2. The molecule has 2 rings (SSSR count). The molecule has 17 heavy (non-hydrogen) atoms. The van der Waals surface area contributed by atoms with Gasteiger partial charge in [0.25, 0.3) is 0 Å². The normalized spacial score (nSPS) is 12.4. The van der Waals surface area contributed by atoms with Crippen molar-refractivity contribution in [1.29, 1.82) is 0 Å². The topological polar surface area (TPSA) is 26.0 Å². The van der Waals surface area contributed by atoms with E-state index in [9.17, 15) is 0 Å². The van der Waals surface area contributed by atoms with Crippen molar-refractivity contribution >= 4 is 15.9 Å². The lowest BCUT2D eigenvalue weighted by Gasteiger charge is -2.14. The van der Waals surface area contributed by atoms with Crippen LogP contribution in [0.5, 0.6) is 0 Å². The molecule has 0 heterocycles. The van der Waals surface area contributed by atoms with Crippen LogP contribution in [0.1, 0.15) is 29.7 Å². The quantitative estimate of drug-likeness (QED) is 0.906. The molecule has 2 N–H and O–H groups in total. The van der Waals surface area contributed by atoms with Gasteiger partial charge in [0, 0.05) is 4.47 Å². The summed E-state index contributed by atoms with van der Waals surface area (Å²) in [5, 5.41) is 0. The predicted octanol–water partition coefficient (Wildman–Crippen LogP) is 4.06. The SMILES string of the molecule is CCc1ccc(C(N)c2ccccc2Br)cc1. The lowest BCUT2D eigenvalue weighted by molar-refractivity contribution is 0.864. The van der Waals surface area contributed by atoms with Gasteiger partial charge in [-0.15, -0.1) is 0 Å². The van der Waals surface area contributed by atoms with E-state index in [-0.39, 0.29) is 6.04 Å². The van der Waals surface area contributed by atoms with Gasteiger partial charge in [0.15, 0.2) is 0 Å². The molecule has 1 nitrogen and oxygen atoms in total. The molecular weight excluding hydrogens is 274 g/mol. The lowest BCUT2D eigenvalue weighted by Crippen LogP contribution is -2.12. The van der Waals surface area contributed by atoms with Crippen molar-refractivity contribution in [3.05, 3.63) is 69.7 Å². The third-order valence-corrected chi connectivity index (χ3v) is 3.71. The zero-order chi connectivity index (χ0) is 12.3. The highest BCUT2D eigenvalue weighted by Crippen LogP contribution is 2.26. The van der Waals surface area contributed by atoms with Gasteiger partial charge in [0.2, 0.25) is 0 Å². The summed E-state index contributed by atoms with van der Waals surface area (Å²) in [5.74, 6) is 0. The Labute approximate surface area is 111 Å². The molecule has 1 atom stereocenters. The number of nitrogens with two attached hydrogens (primary N) is 1. The number of hydrogen-bond donors (Lipinski definition) is 1. The van der Waals surface area contributed by atoms with Gasteiger partial charge < -0.3 is 5.73 Å². The Morgan fingerprint density at radius 1 is 1.06 bits per heavy atom. The van der Waals surface area contributed by atoms with E-state index >= 15 is 0 Å². The Balaban J connectivity index is 2.30. The van der Waals surface area contributed by atoms with Crippen LogP contribution in [0.4, 0.5) is 0 Å². The van der Waals surface area contributed by atoms with Crippen molar-refractivity contribution in [1.82, 2.24) is 0 Å². The third-order valence-electron chi connectivity index (χ3n) is 2.99. The van der Waals surface area contributed by atoms with Crippen molar-refractivity contribution in [2.24, 2.45) is 5.73 Å². The molecule has 2 aromatic carbocycles. The van der Waals surface area contributed by atoms with E-state index in [2.05, 4.69) is 53.2 Å². The van der Waals surface area contributed by atoms with Crippen LogP contribution in [-0.4, -0.2) is 0 Å². The van der Waals surface area contributed by atoms with Crippen LogP contribution >= 0.6 is 15.9 Å². The second-order valence-electron chi connectivity index (χ2n) is 4.09. The number of aryl methyl sites for hydroxylation is 1. The maximum atomic E-state index is 6.28. The lowest BCUT2D eigenvalue weighted by atomic mass is 9.98. The highest BCUT2D eigenvalue weighted by Gasteiger charge is 2.11. The Kier molecular flexibility index (Phi) is 3.97. The first-order valence-corrected chi connectivity index (χ1v) is 6.60. The van der Waals surface area contributed by atoms with Gasteiger partial charge in [-0.1, -0.05) is 65.3 Å². The molecule has 0 aromatic heterocycles. The molecule has 0 aliphatic carbocycles. The van der Waals surface area contributed by atoms with Gasteiger partial charge >= 0.3 is 0 Å². The van der Waals surface area contributed by atoms with Crippen molar-refractivity contribution in [2.45, 2.75) is 19.4 Å². The van der Waals surface area contributed by atoms with E-state index in [4.69, 9.17) is 5.73 Å². The molecule has 0 amide bonds. The Bertz CT molecular complexity index is 491. The maximum Gasteiger partial charge on any atom is 0.0562 e. The second kappa shape index (κ2) is 5.48. The molecule has 2 heteroatoms. The van der Waals surface area contributed by atoms with Gasteiger partial charge in [-0.2, -0.15) is 0 Å². The van der Waals surface area contributed by atoms with Gasteiger partial charge in [-0.05, 0) is 29.2 Å². The van der Waals surface area contributed by atoms with E-state index in [1.54, 1.807) is 0 Å². The molecule has 0 radical (unpaired) electrons. The maximum absolute atomic E-state index is 6.28. The van der Waals surface area contributed by atoms with E-state index < -0.39 is 0 Å². The fourth-order valence-electron chi connectivity index (χ4n) is 1.87. The van der Waals surface area contributed by atoms with E-state index in [1.165, 1.54) is 5.56 Å².